The third-order valence-electron chi connectivity index (χ3n) is 3.32. The summed E-state index contributed by atoms with van der Waals surface area (Å²) in [7, 11) is 0. The first-order valence-corrected chi connectivity index (χ1v) is 6.47. The fourth-order valence-electron chi connectivity index (χ4n) is 2.18. The normalized spacial score (nSPS) is 14.0. The number of hydrogen-bond acceptors (Lipinski definition) is 2. The Labute approximate surface area is 117 Å². The minimum atomic E-state index is -0.448. The van der Waals surface area contributed by atoms with E-state index in [1.165, 1.54) is 18.2 Å². The van der Waals surface area contributed by atoms with Crippen molar-refractivity contribution in [2.75, 3.05) is 0 Å². The van der Waals surface area contributed by atoms with Crippen LogP contribution >= 0.6 is 0 Å². The lowest BCUT2D eigenvalue weighted by atomic mass is 10.0. The molecule has 2 aromatic rings. The summed E-state index contributed by atoms with van der Waals surface area (Å²) in [6.07, 6.45) is 0. The van der Waals surface area contributed by atoms with Gasteiger partial charge in [-0.2, -0.15) is 0 Å². The van der Waals surface area contributed by atoms with Crippen molar-refractivity contribution < 1.29 is 13.9 Å². The zero-order valence-electron chi connectivity index (χ0n) is 11.4. The van der Waals surface area contributed by atoms with Crippen LogP contribution in [0.4, 0.5) is 8.78 Å². The monoisotopic (exact) mass is 277 g/mol. The molecule has 0 aliphatic heterocycles. The van der Waals surface area contributed by atoms with Gasteiger partial charge >= 0.3 is 0 Å². The molecule has 106 valence electrons. The zero-order valence-corrected chi connectivity index (χ0v) is 11.4. The molecule has 0 heterocycles. The summed E-state index contributed by atoms with van der Waals surface area (Å²) in [6.45, 7) is 3.78. The molecule has 0 radical (unpaired) electrons. The van der Waals surface area contributed by atoms with Gasteiger partial charge < -0.3 is 10.4 Å². The highest BCUT2D eigenvalue weighted by atomic mass is 19.1. The van der Waals surface area contributed by atoms with Crippen LogP contribution in [0.5, 0.6) is 5.75 Å². The van der Waals surface area contributed by atoms with Crippen LogP contribution in [0.25, 0.3) is 0 Å². The fourth-order valence-corrected chi connectivity index (χ4v) is 2.18. The van der Waals surface area contributed by atoms with E-state index in [0.29, 0.717) is 5.56 Å². The van der Waals surface area contributed by atoms with Gasteiger partial charge in [-0.25, -0.2) is 8.78 Å². The van der Waals surface area contributed by atoms with Gasteiger partial charge in [0.05, 0.1) is 0 Å². The van der Waals surface area contributed by atoms with Gasteiger partial charge in [-0.1, -0.05) is 18.2 Å². The predicted octanol–water partition coefficient (Wildman–Crippen LogP) is 4.08. The molecule has 0 aromatic heterocycles. The Bertz CT molecular complexity index is 584. The van der Waals surface area contributed by atoms with Crippen molar-refractivity contribution in [3.63, 3.8) is 0 Å². The first-order chi connectivity index (χ1) is 9.47. The maximum Gasteiger partial charge on any atom is 0.131 e. The molecule has 0 aliphatic rings. The molecule has 2 N–H and O–H groups in total. The molecule has 0 aliphatic carbocycles. The van der Waals surface area contributed by atoms with Crippen LogP contribution in [0.2, 0.25) is 0 Å². The SMILES string of the molecule is CC(NC(C)c1ccc(O)cc1F)c1ccc(F)cc1. The van der Waals surface area contributed by atoms with Crippen LogP contribution in [0.3, 0.4) is 0 Å². The molecule has 2 atom stereocenters. The fraction of sp³-hybridized carbons (Fsp3) is 0.250. The maximum atomic E-state index is 13.8. The summed E-state index contributed by atoms with van der Waals surface area (Å²) in [5.41, 5.74) is 1.41. The third kappa shape index (κ3) is 3.33. The van der Waals surface area contributed by atoms with Crippen molar-refractivity contribution in [2.45, 2.75) is 25.9 Å². The van der Waals surface area contributed by atoms with Crippen LogP contribution in [0.1, 0.15) is 37.1 Å². The zero-order chi connectivity index (χ0) is 14.7. The number of phenols is 1. The molecule has 2 aromatic carbocycles. The van der Waals surface area contributed by atoms with Crippen LogP contribution in [-0.4, -0.2) is 5.11 Å². The highest BCUT2D eigenvalue weighted by Gasteiger charge is 2.14. The lowest BCUT2D eigenvalue weighted by molar-refractivity contribution is 0.454. The Morgan fingerprint density at radius 1 is 0.950 bits per heavy atom. The van der Waals surface area contributed by atoms with Gasteiger partial charge in [0, 0.05) is 23.7 Å². The lowest BCUT2D eigenvalue weighted by Crippen LogP contribution is -2.23. The molecule has 0 bridgehead atoms. The first kappa shape index (κ1) is 14.5. The highest BCUT2D eigenvalue weighted by molar-refractivity contribution is 5.30. The molecule has 20 heavy (non-hydrogen) atoms. The maximum absolute atomic E-state index is 13.8. The topological polar surface area (TPSA) is 32.3 Å². The van der Waals surface area contributed by atoms with Crippen molar-refractivity contribution in [3.05, 3.63) is 65.2 Å². The molecular formula is C16H17F2NO. The second-order valence-electron chi connectivity index (χ2n) is 4.87. The first-order valence-electron chi connectivity index (χ1n) is 6.47. The van der Waals surface area contributed by atoms with Crippen LogP contribution in [0.15, 0.2) is 42.5 Å². The smallest absolute Gasteiger partial charge is 0.131 e. The molecular weight excluding hydrogens is 260 g/mol. The summed E-state index contributed by atoms with van der Waals surface area (Å²) in [6, 6.07) is 10.0. The van der Waals surface area contributed by atoms with Gasteiger partial charge in [0.2, 0.25) is 0 Å². The third-order valence-corrected chi connectivity index (χ3v) is 3.32. The van der Waals surface area contributed by atoms with Gasteiger partial charge in [-0.3, -0.25) is 0 Å². The molecule has 0 saturated carbocycles. The average molecular weight is 277 g/mol. The number of nitrogens with one attached hydrogen (secondary N) is 1. The molecule has 4 heteroatoms. The quantitative estimate of drug-likeness (QED) is 0.882. The number of halogens is 2. The summed E-state index contributed by atoms with van der Waals surface area (Å²) < 4.78 is 26.6. The molecule has 0 saturated heterocycles. The van der Waals surface area contributed by atoms with Crippen LogP contribution in [0, 0.1) is 11.6 Å². The largest absolute Gasteiger partial charge is 0.508 e. The molecule has 0 spiro atoms. The van der Waals surface area contributed by atoms with Gasteiger partial charge in [-0.05, 0) is 37.6 Å². The molecule has 2 rings (SSSR count). The molecule has 0 amide bonds. The Hall–Kier alpha value is -1.94. The van der Waals surface area contributed by atoms with E-state index >= 15 is 0 Å². The van der Waals surface area contributed by atoms with Crippen molar-refractivity contribution in [1.29, 1.82) is 0 Å². The Kier molecular flexibility index (Phi) is 4.35. The predicted molar refractivity (Wildman–Crippen MR) is 74.4 cm³/mol. The summed E-state index contributed by atoms with van der Waals surface area (Å²) in [4.78, 5) is 0. The van der Waals surface area contributed by atoms with Gasteiger partial charge in [0.15, 0.2) is 0 Å². The van der Waals surface area contributed by atoms with E-state index in [0.717, 1.165) is 11.6 Å². The van der Waals surface area contributed by atoms with E-state index in [1.54, 1.807) is 18.2 Å². The van der Waals surface area contributed by atoms with Crippen LogP contribution in [-0.2, 0) is 0 Å². The number of aromatic hydroxyl groups is 1. The van der Waals surface area contributed by atoms with Crippen molar-refractivity contribution in [2.24, 2.45) is 0 Å². The Balaban J connectivity index is 2.10. The second kappa shape index (κ2) is 6.01. The summed E-state index contributed by atoms with van der Waals surface area (Å²) in [5.74, 6) is -0.820. The van der Waals surface area contributed by atoms with Gasteiger partial charge in [-0.15, -0.1) is 0 Å². The van der Waals surface area contributed by atoms with E-state index < -0.39 is 5.82 Å². The van der Waals surface area contributed by atoms with E-state index in [9.17, 15) is 13.9 Å². The van der Waals surface area contributed by atoms with Gasteiger partial charge in [0.1, 0.15) is 17.4 Å². The van der Waals surface area contributed by atoms with E-state index in [1.807, 2.05) is 13.8 Å². The van der Waals surface area contributed by atoms with E-state index in [4.69, 9.17) is 0 Å². The minimum absolute atomic E-state index is 0.0428. The Morgan fingerprint density at radius 2 is 1.60 bits per heavy atom. The molecule has 2 nitrogen and oxygen atoms in total. The second-order valence-corrected chi connectivity index (χ2v) is 4.87. The molecule has 0 fully saturated rings. The van der Waals surface area contributed by atoms with Crippen LogP contribution < -0.4 is 5.32 Å². The van der Waals surface area contributed by atoms with Gasteiger partial charge in [0.25, 0.3) is 0 Å². The van der Waals surface area contributed by atoms with Crippen molar-refractivity contribution in [3.8, 4) is 5.75 Å². The van der Waals surface area contributed by atoms with E-state index in [-0.39, 0.29) is 23.7 Å². The van der Waals surface area contributed by atoms with E-state index in [2.05, 4.69) is 5.32 Å². The number of phenolic OH excluding ortho intramolecular Hbond substituents is 1. The lowest BCUT2D eigenvalue weighted by Gasteiger charge is -2.21. The molecule has 2 unspecified atom stereocenters. The minimum Gasteiger partial charge on any atom is -0.508 e. The standard InChI is InChI=1S/C16H17F2NO/c1-10(12-3-5-13(17)6-4-12)19-11(2)15-8-7-14(20)9-16(15)18/h3-11,19-20H,1-2H3. The number of benzene rings is 2. The highest BCUT2D eigenvalue weighted by Crippen LogP contribution is 2.24. The number of rotatable bonds is 4. The Morgan fingerprint density at radius 3 is 2.20 bits per heavy atom. The van der Waals surface area contributed by atoms with Crippen molar-refractivity contribution in [1.82, 2.24) is 5.32 Å². The summed E-state index contributed by atoms with van der Waals surface area (Å²) >= 11 is 0. The number of hydrogen-bond donors (Lipinski definition) is 2. The van der Waals surface area contributed by atoms with Crippen molar-refractivity contribution >= 4 is 0 Å². The summed E-state index contributed by atoms with van der Waals surface area (Å²) in [5, 5.41) is 12.5. The average Bonchev–Trinajstić information content (AvgIpc) is 2.39.